The summed E-state index contributed by atoms with van der Waals surface area (Å²) in [4.78, 5) is 0. The van der Waals surface area contributed by atoms with Crippen molar-refractivity contribution in [2.75, 3.05) is 0 Å². The molecule has 0 N–H and O–H groups in total. The summed E-state index contributed by atoms with van der Waals surface area (Å²) >= 11 is 0. The highest BCUT2D eigenvalue weighted by Gasteiger charge is 2.48. The molecule has 0 saturated heterocycles. The van der Waals surface area contributed by atoms with Gasteiger partial charge in [-0.1, -0.05) is 40.0 Å². The van der Waals surface area contributed by atoms with Crippen LogP contribution in [0.2, 0.25) is 0 Å². The number of hydrogen-bond acceptors (Lipinski definition) is 0. The molecule has 0 aromatic rings. The van der Waals surface area contributed by atoms with Crippen LogP contribution in [0.5, 0.6) is 0 Å². The molecule has 0 heterocycles. The second kappa shape index (κ2) is 3.00. The molecule has 2 saturated carbocycles. The van der Waals surface area contributed by atoms with Gasteiger partial charge in [-0.15, -0.1) is 0 Å². The van der Waals surface area contributed by atoms with Gasteiger partial charge in [-0.2, -0.15) is 0 Å². The third kappa shape index (κ3) is 1.53. The summed E-state index contributed by atoms with van der Waals surface area (Å²) in [5.74, 6) is 1.02. The molecule has 1 unspecified atom stereocenters. The van der Waals surface area contributed by atoms with Gasteiger partial charge in [0.05, 0.1) is 0 Å². The predicted molar refractivity (Wildman–Crippen MR) is 57.7 cm³/mol. The molecule has 0 heteroatoms. The van der Waals surface area contributed by atoms with Crippen LogP contribution in [0.3, 0.4) is 0 Å². The standard InChI is InChI=1S/C13H24/c1-12(2,3)11-7-6-10-13(11)8-4-5-9-13/h11H,4-10H2,1-3H3. The smallest absolute Gasteiger partial charge is 0.0264 e. The minimum absolute atomic E-state index is 0.556. The van der Waals surface area contributed by atoms with Crippen LogP contribution >= 0.6 is 0 Å². The van der Waals surface area contributed by atoms with Crippen LogP contribution in [0, 0.1) is 16.7 Å². The van der Waals surface area contributed by atoms with E-state index < -0.39 is 0 Å². The van der Waals surface area contributed by atoms with E-state index in [1.807, 2.05) is 0 Å². The van der Waals surface area contributed by atoms with Gasteiger partial charge < -0.3 is 0 Å². The van der Waals surface area contributed by atoms with Crippen LogP contribution in [0.15, 0.2) is 0 Å². The number of hydrogen-bond donors (Lipinski definition) is 0. The van der Waals surface area contributed by atoms with Crippen molar-refractivity contribution in [3.8, 4) is 0 Å². The summed E-state index contributed by atoms with van der Waals surface area (Å²) in [5, 5.41) is 0. The van der Waals surface area contributed by atoms with E-state index in [1.54, 1.807) is 0 Å². The Morgan fingerprint density at radius 3 is 2.00 bits per heavy atom. The van der Waals surface area contributed by atoms with E-state index in [0.29, 0.717) is 5.41 Å². The highest BCUT2D eigenvalue weighted by atomic mass is 14.5. The van der Waals surface area contributed by atoms with E-state index in [2.05, 4.69) is 20.8 Å². The van der Waals surface area contributed by atoms with Gasteiger partial charge >= 0.3 is 0 Å². The van der Waals surface area contributed by atoms with Crippen molar-refractivity contribution < 1.29 is 0 Å². The molecule has 2 fully saturated rings. The minimum atomic E-state index is 0.556. The van der Waals surface area contributed by atoms with Crippen molar-refractivity contribution in [3.63, 3.8) is 0 Å². The van der Waals surface area contributed by atoms with Crippen LogP contribution in [0.4, 0.5) is 0 Å². The molecule has 0 aliphatic heterocycles. The van der Waals surface area contributed by atoms with E-state index in [0.717, 1.165) is 11.3 Å². The lowest BCUT2D eigenvalue weighted by molar-refractivity contribution is 0.0926. The SMILES string of the molecule is CC(C)(C)C1CCCC12CCCC2. The fourth-order valence-electron chi connectivity index (χ4n) is 4.17. The zero-order chi connectivity index (χ0) is 9.53. The molecule has 0 radical (unpaired) electrons. The second-order valence-electron chi connectivity index (χ2n) is 6.38. The Kier molecular flexibility index (Phi) is 2.20. The first-order valence-corrected chi connectivity index (χ1v) is 6.05. The Hall–Kier alpha value is 0. The average Bonchev–Trinajstić information content (AvgIpc) is 2.60. The molecular weight excluding hydrogens is 156 g/mol. The summed E-state index contributed by atoms with van der Waals surface area (Å²) in [7, 11) is 0. The fourth-order valence-corrected chi connectivity index (χ4v) is 4.17. The molecule has 13 heavy (non-hydrogen) atoms. The van der Waals surface area contributed by atoms with Crippen LogP contribution in [-0.2, 0) is 0 Å². The van der Waals surface area contributed by atoms with Crippen LogP contribution < -0.4 is 0 Å². The molecule has 2 aliphatic rings. The van der Waals surface area contributed by atoms with Crippen molar-refractivity contribution in [3.05, 3.63) is 0 Å². The summed E-state index contributed by atoms with van der Waals surface area (Å²) in [6.45, 7) is 7.34. The van der Waals surface area contributed by atoms with Gasteiger partial charge in [0.1, 0.15) is 0 Å². The Bertz CT molecular complexity index is 173. The maximum atomic E-state index is 2.45. The highest BCUT2D eigenvalue weighted by Crippen LogP contribution is 2.59. The molecule has 0 bridgehead atoms. The Morgan fingerprint density at radius 2 is 1.46 bits per heavy atom. The van der Waals surface area contributed by atoms with E-state index in [9.17, 15) is 0 Å². The normalized spacial score (nSPS) is 33.0. The minimum Gasteiger partial charge on any atom is -0.0599 e. The lowest BCUT2D eigenvalue weighted by atomic mass is 9.65. The molecule has 0 amide bonds. The Balaban J connectivity index is 2.18. The van der Waals surface area contributed by atoms with E-state index in [4.69, 9.17) is 0 Å². The van der Waals surface area contributed by atoms with Gasteiger partial charge in [-0.3, -0.25) is 0 Å². The summed E-state index contributed by atoms with van der Waals surface area (Å²) in [5.41, 5.74) is 1.35. The Morgan fingerprint density at radius 1 is 0.923 bits per heavy atom. The van der Waals surface area contributed by atoms with Gasteiger partial charge in [0.2, 0.25) is 0 Å². The zero-order valence-corrected chi connectivity index (χ0v) is 9.53. The van der Waals surface area contributed by atoms with Crippen molar-refractivity contribution in [2.24, 2.45) is 16.7 Å². The van der Waals surface area contributed by atoms with Gasteiger partial charge in [-0.25, -0.2) is 0 Å². The highest BCUT2D eigenvalue weighted by molar-refractivity contribution is 4.99. The van der Waals surface area contributed by atoms with Crippen LogP contribution in [-0.4, -0.2) is 0 Å². The van der Waals surface area contributed by atoms with Gasteiger partial charge in [0, 0.05) is 0 Å². The summed E-state index contributed by atoms with van der Waals surface area (Å²) < 4.78 is 0. The summed E-state index contributed by atoms with van der Waals surface area (Å²) in [6.07, 6.45) is 10.6. The molecule has 0 nitrogen and oxygen atoms in total. The monoisotopic (exact) mass is 180 g/mol. The van der Waals surface area contributed by atoms with Crippen molar-refractivity contribution in [1.82, 2.24) is 0 Å². The first kappa shape index (κ1) is 9.55. The third-order valence-electron chi connectivity index (χ3n) is 4.55. The van der Waals surface area contributed by atoms with E-state index in [1.165, 1.54) is 44.9 Å². The van der Waals surface area contributed by atoms with Gasteiger partial charge in [0.15, 0.2) is 0 Å². The molecule has 1 atom stereocenters. The van der Waals surface area contributed by atoms with Gasteiger partial charge in [-0.05, 0) is 42.4 Å². The lowest BCUT2D eigenvalue weighted by Gasteiger charge is -2.40. The zero-order valence-electron chi connectivity index (χ0n) is 9.53. The molecule has 2 rings (SSSR count). The molecule has 76 valence electrons. The third-order valence-corrected chi connectivity index (χ3v) is 4.55. The van der Waals surface area contributed by atoms with Crippen molar-refractivity contribution in [1.29, 1.82) is 0 Å². The average molecular weight is 180 g/mol. The van der Waals surface area contributed by atoms with Crippen molar-refractivity contribution in [2.45, 2.75) is 65.7 Å². The topological polar surface area (TPSA) is 0 Å². The van der Waals surface area contributed by atoms with E-state index in [-0.39, 0.29) is 0 Å². The van der Waals surface area contributed by atoms with Gasteiger partial charge in [0.25, 0.3) is 0 Å². The second-order valence-corrected chi connectivity index (χ2v) is 6.38. The summed E-state index contributed by atoms with van der Waals surface area (Å²) in [6, 6.07) is 0. The molecule has 2 aliphatic carbocycles. The molecule has 0 aromatic carbocycles. The number of rotatable bonds is 0. The molecule has 0 aromatic heterocycles. The van der Waals surface area contributed by atoms with Crippen LogP contribution in [0.25, 0.3) is 0 Å². The predicted octanol–water partition coefficient (Wildman–Crippen LogP) is 4.39. The maximum Gasteiger partial charge on any atom is -0.0264 e. The first-order chi connectivity index (χ1) is 6.05. The quantitative estimate of drug-likeness (QED) is 0.518. The first-order valence-electron chi connectivity index (χ1n) is 6.05. The lowest BCUT2D eigenvalue weighted by Crippen LogP contribution is -2.32. The largest absolute Gasteiger partial charge is 0.0599 e. The van der Waals surface area contributed by atoms with E-state index >= 15 is 0 Å². The Labute approximate surface area is 83.1 Å². The van der Waals surface area contributed by atoms with Crippen molar-refractivity contribution >= 4 is 0 Å². The fraction of sp³-hybridized carbons (Fsp3) is 1.00. The molecule has 1 spiro atoms. The molecular formula is C13H24. The maximum absolute atomic E-state index is 2.45. The van der Waals surface area contributed by atoms with Crippen LogP contribution in [0.1, 0.15) is 65.7 Å².